The van der Waals surface area contributed by atoms with Crippen LogP contribution in [0.2, 0.25) is 0 Å². The highest BCUT2D eigenvalue weighted by Crippen LogP contribution is 2.35. The number of rotatable bonds is 5. The van der Waals surface area contributed by atoms with Gasteiger partial charge in [0.2, 0.25) is 0 Å². The Bertz CT molecular complexity index is 326. The van der Waals surface area contributed by atoms with E-state index >= 15 is 0 Å². The van der Waals surface area contributed by atoms with Crippen LogP contribution in [0.25, 0.3) is 0 Å². The summed E-state index contributed by atoms with van der Waals surface area (Å²) in [5, 5.41) is 11.0. The summed E-state index contributed by atoms with van der Waals surface area (Å²) in [6.45, 7) is 0. The molecule has 1 saturated carbocycles. The smallest absolute Gasteiger partial charge is 0.303 e. The lowest BCUT2D eigenvalue weighted by Crippen LogP contribution is -2.18. The van der Waals surface area contributed by atoms with Gasteiger partial charge >= 0.3 is 5.97 Å². The normalized spacial score (nSPS) is 18.8. The SMILES string of the molecule is O=C(O)CC(Cc1cccs1)C1CCCC1. The Hall–Kier alpha value is -0.830. The lowest BCUT2D eigenvalue weighted by Gasteiger charge is -2.21. The third kappa shape index (κ3) is 3.08. The molecule has 88 valence electrons. The predicted octanol–water partition coefficient (Wildman–Crippen LogP) is 3.57. The Kier molecular flexibility index (Phi) is 3.99. The summed E-state index contributed by atoms with van der Waals surface area (Å²) in [5.41, 5.74) is 0. The first-order valence-electron chi connectivity index (χ1n) is 6.00. The van der Waals surface area contributed by atoms with Gasteiger partial charge in [-0.2, -0.15) is 0 Å². The quantitative estimate of drug-likeness (QED) is 0.851. The van der Waals surface area contributed by atoms with E-state index < -0.39 is 5.97 Å². The summed E-state index contributed by atoms with van der Waals surface area (Å²) in [5.74, 6) is 0.338. The lowest BCUT2D eigenvalue weighted by molar-refractivity contribution is -0.138. The van der Waals surface area contributed by atoms with Gasteiger partial charge in [0.25, 0.3) is 0 Å². The first kappa shape index (κ1) is 11.6. The molecule has 0 aromatic carbocycles. The Morgan fingerprint density at radius 3 is 2.81 bits per heavy atom. The van der Waals surface area contributed by atoms with E-state index in [4.69, 9.17) is 5.11 Å². The minimum atomic E-state index is -0.645. The molecule has 1 atom stereocenters. The predicted molar refractivity (Wildman–Crippen MR) is 65.7 cm³/mol. The molecule has 16 heavy (non-hydrogen) atoms. The van der Waals surface area contributed by atoms with Gasteiger partial charge in [0.05, 0.1) is 0 Å². The zero-order valence-corrected chi connectivity index (χ0v) is 10.2. The topological polar surface area (TPSA) is 37.3 Å². The molecule has 0 amide bonds. The largest absolute Gasteiger partial charge is 0.481 e. The molecular formula is C13H18O2S. The Morgan fingerprint density at radius 1 is 1.50 bits per heavy atom. The van der Waals surface area contributed by atoms with Crippen molar-refractivity contribution in [3.63, 3.8) is 0 Å². The molecule has 2 nitrogen and oxygen atoms in total. The van der Waals surface area contributed by atoms with E-state index in [1.165, 1.54) is 30.6 Å². The van der Waals surface area contributed by atoms with Gasteiger partial charge in [-0.3, -0.25) is 4.79 Å². The van der Waals surface area contributed by atoms with Crippen molar-refractivity contribution in [2.45, 2.75) is 38.5 Å². The van der Waals surface area contributed by atoms with E-state index in [1.54, 1.807) is 11.3 Å². The van der Waals surface area contributed by atoms with Gasteiger partial charge < -0.3 is 5.11 Å². The standard InChI is InChI=1S/C13H18O2S/c14-13(15)9-11(10-4-1-2-5-10)8-12-6-3-7-16-12/h3,6-7,10-11H,1-2,4-5,8-9H2,(H,14,15). The highest BCUT2D eigenvalue weighted by Gasteiger charge is 2.27. The fourth-order valence-corrected chi connectivity index (χ4v) is 3.55. The first-order valence-corrected chi connectivity index (χ1v) is 6.88. The second-order valence-corrected chi connectivity index (χ2v) is 5.72. The number of carbonyl (C=O) groups is 1. The van der Waals surface area contributed by atoms with Crippen molar-refractivity contribution in [3.05, 3.63) is 22.4 Å². The molecule has 0 saturated heterocycles. The van der Waals surface area contributed by atoms with Crippen LogP contribution < -0.4 is 0 Å². The van der Waals surface area contributed by atoms with Crippen LogP contribution in [0.1, 0.15) is 37.0 Å². The van der Waals surface area contributed by atoms with E-state index in [9.17, 15) is 4.79 Å². The number of aliphatic carboxylic acids is 1. The maximum Gasteiger partial charge on any atom is 0.303 e. The van der Waals surface area contributed by atoms with E-state index in [1.807, 2.05) is 6.07 Å². The van der Waals surface area contributed by atoms with Gasteiger partial charge in [-0.05, 0) is 29.7 Å². The summed E-state index contributed by atoms with van der Waals surface area (Å²) in [7, 11) is 0. The molecule has 0 aliphatic heterocycles. The average molecular weight is 238 g/mol. The van der Waals surface area contributed by atoms with Gasteiger partial charge in [-0.25, -0.2) is 0 Å². The molecule has 1 unspecified atom stereocenters. The van der Waals surface area contributed by atoms with Crippen LogP contribution in [0.5, 0.6) is 0 Å². The summed E-state index contributed by atoms with van der Waals surface area (Å²) < 4.78 is 0. The fourth-order valence-electron chi connectivity index (χ4n) is 2.75. The number of hydrogen-bond donors (Lipinski definition) is 1. The van der Waals surface area contributed by atoms with Crippen LogP contribution >= 0.6 is 11.3 Å². The van der Waals surface area contributed by atoms with Crippen LogP contribution in [0.4, 0.5) is 0 Å². The molecule has 1 aromatic rings. The Morgan fingerprint density at radius 2 is 2.25 bits per heavy atom. The van der Waals surface area contributed by atoms with Crippen molar-refractivity contribution >= 4 is 17.3 Å². The Labute approximate surface area is 100 Å². The van der Waals surface area contributed by atoms with Crippen molar-refractivity contribution in [1.29, 1.82) is 0 Å². The van der Waals surface area contributed by atoms with E-state index in [-0.39, 0.29) is 0 Å². The average Bonchev–Trinajstić information content (AvgIpc) is 2.88. The maximum atomic E-state index is 10.9. The van der Waals surface area contributed by atoms with Crippen LogP contribution in [0.15, 0.2) is 17.5 Å². The summed E-state index contributed by atoms with van der Waals surface area (Å²) in [6, 6.07) is 4.17. The Balaban J connectivity index is 1.98. The monoisotopic (exact) mass is 238 g/mol. The molecule has 1 N–H and O–H groups in total. The number of hydrogen-bond acceptors (Lipinski definition) is 2. The molecule has 3 heteroatoms. The molecule has 1 heterocycles. The van der Waals surface area contributed by atoms with Crippen molar-refractivity contribution in [3.8, 4) is 0 Å². The van der Waals surface area contributed by atoms with Crippen LogP contribution in [-0.4, -0.2) is 11.1 Å². The molecule has 1 aliphatic carbocycles. The van der Waals surface area contributed by atoms with Crippen molar-refractivity contribution in [1.82, 2.24) is 0 Å². The first-order chi connectivity index (χ1) is 7.75. The number of thiophene rings is 1. The summed E-state index contributed by atoms with van der Waals surface area (Å²) >= 11 is 1.74. The molecule has 0 spiro atoms. The molecule has 2 rings (SSSR count). The van der Waals surface area contributed by atoms with E-state index in [2.05, 4.69) is 11.4 Å². The van der Waals surface area contributed by atoms with Crippen LogP contribution in [-0.2, 0) is 11.2 Å². The summed E-state index contributed by atoms with van der Waals surface area (Å²) in [4.78, 5) is 12.2. The second-order valence-electron chi connectivity index (χ2n) is 4.69. The lowest BCUT2D eigenvalue weighted by atomic mass is 9.85. The van der Waals surface area contributed by atoms with Gasteiger partial charge in [0.15, 0.2) is 0 Å². The van der Waals surface area contributed by atoms with Crippen molar-refractivity contribution in [2.75, 3.05) is 0 Å². The number of carboxylic acids is 1. The van der Waals surface area contributed by atoms with Gasteiger partial charge in [0.1, 0.15) is 0 Å². The zero-order valence-electron chi connectivity index (χ0n) is 9.39. The molecule has 0 bridgehead atoms. The van der Waals surface area contributed by atoms with Crippen LogP contribution in [0, 0.1) is 11.8 Å². The minimum Gasteiger partial charge on any atom is -0.481 e. The summed E-state index contributed by atoms with van der Waals surface area (Å²) in [6.07, 6.45) is 6.31. The van der Waals surface area contributed by atoms with Gasteiger partial charge in [-0.1, -0.05) is 31.7 Å². The van der Waals surface area contributed by atoms with E-state index in [0.717, 1.165) is 6.42 Å². The highest BCUT2D eigenvalue weighted by atomic mass is 32.1. The van der Waals surface area contributed by atoms with Gasteiger partial charge in [-0.15, -0.1) is 11.3 Å². The molecule has 1 aromatic heterocycles. The molecule has 0 radical (unpaired) electrons. The minimum absolute atomic E-state index is 0.336. The maximum absolute atomic E-state index is 10.9. The molecule has 1 fully saturated rings. The molecular weight excluding hydrogens is 220 g/mol. The highest BCUT2D eigenvalue weighted by molar-refractivity contribution is 7.09. The third-order valence-corrected chi connectivity index (χ3v) is 4.45. The van der Waals surface area contributed by atoms with Gasteiger partial charge in [0, 0.05) is 11.3 Å². The second kappa shape index (κ2) is 5.48. The number of carboxylic acid groups (broad SMARTS) is 1. The third-order valence-electron chi connectivity index (χ3n) is 3.55. The molecule has 1 aliphatic rings. The fraction of sp³-hybridized carbons (Fsp3) is 0.615. The van der Waals surface area contributed by atoms with E-state index in [0.29, 0.717) is 18.3 Å². The zero-order chi connectivity index (χ0) is 11.4. The van der Waals surface area contributed by atoms with Crippen LogP contribution in [0.3, 0.4) is 0 Å². The van der Waals surface area contributed by atoms with Crippen molar-refractivity contribution < 1.29 is 9.90 Å². The van der Waals surface area contributed by atoms with Crippen molar-refractivity contribution in [2.24, 2.45) is 11.8 Å².